The number of rotatable bonds is 3. The summed E-state index contributed by atoms with van der Waals surface area (Å²) in [5.41, 5.74) is 2.86. The van der Waals surface area contributed by atoms with E-state index in [0.29, 0.717) is 17.4 Å². The number of aromatic nitrogens is 2. The highest BCUT2D eigenvalue weighted by molar-refractivity contribution is 5.97. The number of hydrogen-bond acceptors (Lipinski definition) is 2. The maximum absolute atomic E-state index is 13.2. The molecule has 1 amide bonds. The van der Waals surface area contributed by atoms with Crippen LogP contribution >= 0.6 is 0 Å². The van der Waals surface area contributed by atoms with Gasteiger partial charge in [-0.15, -0.1) is 0 Å². The third-order valence-corrected chi connectivity index (χ3v) is 4.33. The Morgan fingerprint density at radius 2 is 1.85 bits per heavy atom. The number of amides is 1. The van der Waals surface area contributed by atoms with Crippen LogP contribution in [0, 0.1) is 12.7 Å². The van der Waals surface area contributed by atoms with Gasteiger partial charge in [-0.25, -0.2) is 4.39 Å². The fourth-order valence-corrected chi connectivity index (χ4v) is 3.06. The quantitative estimate of drug-likeness (QED) is 0.530. The molecule has 0 unspecified atom stereocenters. The van der Waals surface area contributed by atoms with Crippen molar-refractivity contribution in [3.8, 4) is 0 Å². The van der Waals surface area contributed by atoms with E-state index in [4.69, 9.17) is 0 Å². The van der Waals surface area contributed by atoms with Crippen molar-refractivity contribution in [3.05, 3.63) is 81.5 Å². The average molecular weight is 349 g/mol. The standard InChI is InChI=1S/C20H16FN3O2/c1-11-6-14-7-12(2-5-17(14)23-11)10-22-19(25)16-8-13-3-4-15(21)9-18(13)24-20(16)26/h2-9,23H,10H2,1H3,(H,22,25)(H,24,26). The minimum Gasteiger partial charge on any atom is -0.359 e. The molecule has 0 radical (unpaired) electrons. The Morgan fingerprint density at radius 1 is 1.00 bits per heavy atom. The van der Waals surface area contributed by atoms with Gasteiger partial charge in [0, 0.05) is 17.8 Å². The van der Waals surface area contributed by atoms with E-state index in [1.165, 1.54) is 24.3 Å². The van der Waals surface area contributed by atoms with E-state index in [2.05, 4.69) is 15.3 Å². The van der Waals surface area contributed by atoms with Crippen LogP contribution < -0.4 is 10.9 Å². The van der Waals surface area contributed by atoms with Crippen LogP contribution in [0.25, 0.3) is 21.8 Å². The van der Waals surface area contributed by atoms with Gasteiger partial charge in [0.25, 0.3) is 11.5 Å². The van der Waals surface area contributed by atoms with E-state index in [9.17, 15) is 14.0 Å². The second-order valence-corrected chi connectivity index (χ2v) is 6.30. The molecular formula is C20H16FN3O2. The lowest BCUT2D eigenvalue weighted by Crippen LogP contribution is -2.29. The Labute approximate surface area is 147 Å². The van der Waals surface area contributed by atoms with E-state index in [1.807, 2.05) is 31.2 Å². The summed E-state index contributed by atoms with van der Waals surface area (Å²) in [5, 5.41) is 4.43. The highest BCUT2D eigenvalue weighted by Crippen LogP contribution is 2.17. The van der Waals surface area contributed by atoms with Crippen LogP contribution in [-0.4, -0.2) is 15.9 Å². The zero-order valence-corrected chi connectivity index (χ0v) is 14.0. The van der Waals surface area contributed by atoms with Crippen molar-refractivity contribution in [3.63, 3.8) is 0 Å². The molecular weight excluding hydrogens is 333 g/mol. The molecule has 0 bridgehead atoms. The van der Waals surface area contributed by atoms with E-state index in [0.717, 1.165) is 22.2 Å². The monoisotopic (exact) mass is 349 g/mol. The SMILES string of the molecule is Cc1cc2cc(CNC(=O)c3cc4ccc(F)cc4[nH]c3=O)ccc2[nH]1. The molecule has 2 heterocycles. The summed E-state index contributed by atoms with van der Waals surface area (Å²) in [4.78, 5) is 30.3. The van der Waals surface area contributed by atoms with Crippen molar-refractivity contribution >= 4 is 27.7 Å². The molecule has 4 aromatic rings. The van der Waals surface area contributed by atoms with Crippen molar-refractivity contribution in [2.45, 2.75) is 13.5 Å². The summed E-state index contributed by atoms with van der Waals surface area (Å²) < 4.78 is 13.2. The summed E-state index contributed by atoms with van der Waals surface area (Å²) in [6, 6.07) is 13.4. The van der Waals surface area contributed by atoms with Crippen LogP contribution in [0.2, 0.25) is 0 Å². The molecule has 6 heteroatoms. The normalized spacial score (nSPS) is 11.2. The summed E-state index contributed by atoms with van der Waals surface area (Å²) in [5.74, 6) is -0.913. The second kappa shape index (κ2) is 6.15. The number of carbonyl (C=O) groups is 1. The Bertz CT molecular complexity index is 1210. The van der Waals surface area contributed by atoms with E-state index in [-0.39, 0.29) is 5.56 Å². The summed E-state index contributed by atoms with van der Waals surface area (Å²) in [6.45, 7) is 2.29. The number of benzene rings is 2. The van der Waals surface area contributed by atoms with Crippen molar-refractivity contribution in [1.82, 2.24) is 15.3 Å². The molecule has 0 fully saturated rings. The molecule has 3 N–H and O–H groups in total. The number of aromatic amines is 2. The van der Waals surface area contributed by atoms with Gasteiger partial charge in [0.1, 0.15) is 11.4 Å². The number of pyridine rings is 1. The van der Waals surface area contributed by atoms with Crippen LogP contribution in [0.4, 0.5) is 4.39 Å². The molecule has 130 valence electrons. The summed E-state index contributed by atoms with van der Waals surface area (Å²) >= 11 is 0. The van der Waals surface area contributed by atoms with Gasteiger partial charge in [0.05, 0.1) is 5.52 Å². The second-order valence-electron chi connectivity index (χ2n) is 6.30. The number of aryl methyl sites for hydroxylation is 1. The van der Waals surface area contributed by atoms with Crippen molar-refractivity contribution < 1.29 is 9.18 Å². The highest BCUT2D eigenvalue weighted by Gasteiger charge is 2.12. The Kier molecular flexibility index (Phi) is 3.80. The van der Waals surface area contributed by atoms with Crippen LogP contribution in [-0.2, 0) is 6.54 Å². The smallest absolute Gasteiger partial charge is 0.261 e. The minimum absolute atomic E-state index is 0.00248. The molecule has 0 atom stereocenters. The molecule has 26 heavy (non-hydrogen) atoms. The first-order valence-electron chi connectivity index (χ1n) is 8.19. The van der Waals surface area contributed by atoms with Crippen LogP contribution in [0.3, 0.4) is 0 Å². The molecule has 2 aromatic carbocycles. The molecule has 0 spiro atoms. The molecule has 0 aliphatic carbocycles. The largest absolute Gasteiger partial charge is 0.359 e. The maximum Gasteiger partial charge on any atom is 0.261 e. The lowest BCUT2D eigenvalue weighted by molar-refractivity contribution is 0.0949. The molecule has 4 rings (SSSR count). The van der Waals surface area contributed by atoms with Gasteiger partial charge in [0.2, 0.25) is 0 Å². The number of carbonyl (C=O) groups excluding carboxylic acids is 1. The fourth-order valence-electron chi connectivity index (χ4n) is 3.06. The third-order valence-electron chi connectivity index (χ3n) is 4.33. The molecule has 0 saturated heterocycles. The van der Waals surface area contributed by atoms with Gasteiger partial charge in [-0.3, -0.25) is 9.59 Å². The number of H-pyrrole nitrogens is 2. The van der Waals surface area contributed by atoms with Crippen LogP contribution in [0.15, 0.2) is 53.3 Å². The van der Waals surface area contributed by atoms with E-state index >= 15 is 0 Å². The van der Waals surface area contributed by atoms with E-state index < -0.39 is 17.3 Å². The molecule has 0 saturated carbocycles. The number of fused-ring (bicyclic) bond motifs is 2. The Morgan fingerprint density at radius 3 is 2.69 bits per heavy atom. The predicted molar refractivity (Wildman–Crippen MR) is 98.7 cm³/mol. The Balaban J connectivity index is 1.57. The number of hydrogen-bond donors (Lipinski definition) is 3. The summed E-state index contributed by atoms with van der Waals surface area (Å²) in [6.07, 6.45) is 0. The zero-order valence-electron chi connectivity index (χ0n) is 14.0. The highest BCUT2D eigenvalue weighted by atomic mass is 19.1. The van der Waals surface area contributed by atoms with Crippen LogP contribution in [0.5, 0.6) is 0 Å². The van der Waals surface area contributed by atoms with Crippen molar-refractivity contribution in [2.75, 3.05) is 0 Å². The van der Waals surface area contributed by atoms with Crippen molar-refractivity contribution in [1.29, 1.82) is 0 Å². The first-order chi connectivity index (χ1) is 12.5. The van der Waals surface area contributed by atoms with Gasteiger partial charge in [-0.1, -0.05) is 6.07 Å². The van der Waals surface area contributed by atoms with Gasteiger partial charge >= 0.3 is 0 Å². The van der Waals surface area contributed by atoms with Gasteiger partial charge in [0.15, 0.2) is 0 Å². The van der Waals surface area contributed by atoms with Gasteiger partial charge in [-0.2, -0.15) is 0 Å². The van der Waals surface area contributed by atoms with Crippen molar-refractivity contribution in [2.24, 2.45) is 0 Å². The predicted octanol–water partition coefficient (Wildman–Crippen LogP) is 3.39. The zero-order chi connectivity index (χ0) is 18.3. The van der Waals surface area contributed by atoms with E-state index in [1.54, 1.807) is 0 Å². The first-order valence-corrected chi connectivity index (χ1v) is 8.19. The van der Waals surface area contributed by atoms with Crippen LogP contribution in [0.1, 0.15) is 21.6 Å². The third kappa shape index (κ3) is 2.97. The first kappa shape index (κ1) is 16.1. The average Bonchev–Trinajstić information content (AvgIpc) is 2.98. The molecule has 2 aromatic heterocycles. The van der Waals surface area contributed by atoms with Gasteiger partial charge in [-0.05, 0) is 65.7 Å². The molecule has 0 aliphatic rings. The lowest BCUT2D eigenvalue weighted by atomic mass is 10.1. The molecule has 5 nitrogen and oxygen atoms in total. The number of halogens is 1. The summed E-state index contributed by atoms with van der Waals surface area (Å²) in [7, 11) is 0. The number of nitrogens with one attached hydrogen (secondary N) is 3. The van der Waals surface area contributed by atoms with Gasteiger partial charge < -0.3 is 15.3 Å². The molecule has 0 aliphatic heterocycles. The minimum atomic E-state index is -0.544. The Hall–Kier alpha value is -3.41. The lowest BCUT2D eigenvalue weighted by Gasteiger charge is -2.06. The topological polar surface area (TPSA) is 77.8 Å². The maximum atomic E-state index is 13.2. The fraction of sp³-hybridized carbons (Fsp3) is 0.100.